The molecule has 0 amide bonds. The van der Waals surface area contributed by atoms with Crippen molar-refractivity contribution < 1.29 is 0 Å². The molecule has 0 aliphatic heterocycles. The molecule has 0 unspecified atom stereocenters. The van der Waals surface area contributed by atoms with Gasteiger partial charge in [0.25, 0.3) is 0 Å². The van der Waals surface area contributed by atoms with E-state index in [0.29, 0.717) is 0 Å². The van der Waals surface area contributed by atoms with Gasteiger partial charge in [-0.1, -0.05) is 0 Å². The molecule has 0 spiro atoms. The Labute approximate surface area is 57.2 Å². The van der Waals surface area contributed by atoms with Crippen LogP contribution in [0.5, 0.6) is 0 Å². The molecule has 44 valence electrons. The summed E-state index contributed by atoms with van der Waals surface area (Å²) in [5.41, 5.74) is 0. The fourth-order valence-electron chi connectivity index (χ4n) is 0.479. The monoisotopic (exact) mass is 208 g/mol. The molecule has 0 fully saturated rings. The molecule has 0 aliphatic rings. The zero-order valence-corrected chi connectivity index (χ0v) is 8.18. The van der Waals surface area contributed by atoms with Crippen LogP contribution < -0.4 is 0 Å². The summed E-state index contributed by atoms with van der Waals surface area (Å²) in [5.74, 6) is 0. The van der Waals surface area contributed by atoms with E-state index in [-0.39, 0.29) is 21.6 Å². The van der Waals surface area contributed by atoms with E-state index < -0.39 is 0 Å². The molecular formula is C6H15Sb. The first kappa shape index (κ1) is 7.82. The molecular weight excluding hydrogens is 194 g/mol. The van der Waals surface area contributed by atoms with E-state index in [0.717, 1.165) is 0 Å². The molecule has 0 nitrogen and oxygen atoms in total. The maximum atomic E-state index is 2.29. The zero-order chi connectivity index (χ0) is 5.54. The van der Waals surface area contributed by atoms with E-state index in [9.17, 15) is 0 Å². The second kappa shape index (κ2) is 6.82. The normalized spacial score (nSPS) is 9.43. The SMILES string of the molecule is CC[CH2][SbH][CH2]CC. The van der Waals surface area contributed by atoms with Crippen LogP contribution in [0.25, 0.3) is 0 Å². The molecule has 0 aliphatic carbocycles. The molecule has 0 rings (SSSR count). The van der Waals surface area contributed by atoms with Crippen molar-refractivity contribution in [1.29, 1.82) is 0 Å². The minimum absolute atomic E-state index is 0.181. The van der Waals surface area contributed by atoms with Crippen molar-refractivity contribution >= 4 is 21.6 Å². The van der Waals surface area contributed by atoms with Gasteiger partial charge in [0.05, 0.1) is 0 Å². The van der Waals surface area contributed by atoms with E-state index in [1.54, 1.807) is 8.73 Å². The van der Waals surface area contributed by atoms with Gasteiger partial charge in [-0.15, -0.1) is 0 Å². The summed E-state index contributed by atoms with van der Waals surface area (Å²) in [7, 11) is 0. The molecule has 0 bridgehead atoms. The van der Waals surface area contributed by atoms with Crippen LogP contribution in [0.15, 0.2) is 0 Å². The standard InChI is InChI=1S/2C3H7.Sb.H/c2*1-3-2;;/h2*1,3H2,2H3;;. The molecule has 0 saturated heterocycles. The Hall–Kier alpha value is 0.818. The average Bonchev–Trinajstić information content (AvgIpc) is 1.69. The van der Waals surface area contributed by atoms with Crippen LogP contribution in [-0.4, -0.2) is 21.6 Å². The van der Waals surface area contributed by atoms with E-state index in [1.807, 2.05) is 0 Å². The Kier molecular flexibility index (Phi) is 7.62. The van der Waals surface area contributed by atoms with Crippen LogP contribution in [0, 0.1) is 0 Å². The van der Waals surface area contributed by atoms with Crippen LogP contribution in [0.4, 0.5) is 0 Å². The van der Waals surface area contributed by atoms with Gasteiger partial charge in [-0.05, 0) is 0 Å². The van der Waals surface area contributed by atoms with Gasteiger partial charge < -0.3 is 0 Å². The molecule has 0 aromatic heterocycles. The average molecular weight is 209 g/mol. The van der Waals surface area contributed by atoms with Gasteiger partial charge >= 0.3 is 57.0 Å². The Morgan fingerprint density at radius 2 is 1.43 bits per heavy atom. The van der Waals surface area contributed by atoms with Crippen molar-refractivity contribution in [2.45, 2.75) is 35.4 Å². The van der Waals surface area contributed by atoms with Crippen LogP contribution in [-0.2, 0) is 0 Å². The summed E-state index contributed by atoms with van der Waals surface area (Å²) in [6, 6.07) is 0. The van der Waals surface area contributed by atoms with Gasteiger partial charge in [0.15, 0.2) is 0 Å². The number of hydrogen-bond acceptors (Lipinski definition) is 0. The van der Waals surface area contributed by atoms with Crippen molar-refractivity contribution in [3.05, 3.63) is 0 Å². The first-order valence-corrected chi connectivity index (χ1v) is 7.16. The third-order valence-electron chi connectivity index (χ3n) is 0.854. The van der Waals surface area contributed by atoms with Gasteiger partial charge in [0.1, 0.15) is 0 Å². The Morgan fingerprint density at radius 3 is 1.71 bits per heavy atom. The molecule has 0 saturated carbocycles. The molecule has 0 atom stereocenters. The van der Waals surface area contributed by atoms with Crippen LogP contribution in [0.1, 0.15) is 26.7 Å². The quantitative estimate of drug-likeness (QED) is 0.491. The summed E-state index contributed by atoms with van der Waals surface area (Å²) in [4.78, 5) is 0. The Balaban J connectivity index is 2.45. The molecule has 0 heterocycles. The van der Waals surface area contributed by atoms with Gasteiger partial charge in [-0.2, -0.15) is 0 Å². The summed E-state index contributed by atoms with van der Waals surface area (Å²) >= 11 is 0.181. The predicted octanol–water partition coefficient (Wildman–Crippen LogP) is 2.08. The fourth-order valence-corrected chi connectivity index (χ4v) is 3.21. The first-order chi connectivity index (χ1) is 3.41. The third-order valence-corrected chi connectivity index (χ3v) is 5.73. The van der Waals surface area contributed by atoms with Crippen molar-refractivity contribution in [3.8, 4) is 0 Å². The van der Waals surface area contributed by atoms with E-state index in [2.05, 4.69) is 13.8 Å². The Bertz CT molecular complexity index is 23.4. The minimum atomic E-state index is 0.181. The van der Waals surface area contributed by atoms with Crippen LogP contribution >= 0.6 is 0 Å². The second-order valence-corrected chi connectivity index (χ2v) is 6.03. The van der Waals surface area contributed by atoms with Crippen LogP contribution in [0.3, 0.4) is 0 Å². The van der Waals surface area contributed by atoms with Gasteiger partial charge in [-0.25, -0.2) is 0 Å². The van der Waals surface area contributed by atoms with Crippen molar-refractivity contribution in [3.63, 3.8) is 0 Å². The van der Waals surface area contributed by atoms with E-state index in [4.69, 9.17) is 0 Å². The van der Waals surface area contributed by atoms with Crippen molar-refractivity contribution in [1.82, 2.24) is 0 Å². The van der Waals surface area contributed by atoms with E-state index >= 15 is 0 Å². The Morgan fingerprint density at radius 1 is 1.00 bits per heavy atom. The summed E-state index contributed by atoms with van der Waals surface area (Å²) < 4.78 is 3.19. The molecule has 0 aromatic carbocycles. The first-order valence-electron chi connectivity index (χ1n) is 3.12. The summed E-state index contributed by atoms with van der Waals surface area (Å²) in [5, 5.41) is 0. The topological polar surface area (TPSA) is 0 Å². The van der Waals surface area contributed by atoms with Crippen molar-refractivity contribution in [2.24, 2.45) is 0 Å². The van der Waals surface area contributed by atoms with Gasteiger partial charge in [-0.3, -0.25) is 0 Å². The summed E-state index contributed by atoms with van der Waals surface area (Å²) in [6.07, 6.45) is 2.87. The zero-order valence-electron chi connectivity index (χ0n) is 5.33. The summed E-state index contributed by atoms with van der Waals surface area (Å²) in [6.45, 7) is 4.58. The van der Waals surface area contributed by atoms with Crippen LogP contribution in [0.2, 0.25) is 8.73 Å². The van der Waals surface area contributed by atoms with Gasteiger partial charge in [0.2, 0.25) is 0 Å². The number of hydrogen-bond donors (Lipinski definition) is 0. The van der Waals surface area contributed by atoms with Gasteiger partial charge in [0, 0.05) is 0 Å². The van der Waals surface area contributed by atoms with Crippen molar-refractivity contribution in [2.75, 3.05) is 0 Å². The third kappa shape index (κ3) is 6.82. The molecule has 0 radical (unpaired) electrons. The fraction of sp³-hybridized carbons (Fsp3) is 1.00. The van der Waals surface area contributed by atoms with E-state index in [1.165, 1.54) is 12.8 Å². The second-order valence-electron chi connectivity index (χ2n) is 1.75. The maximum absolute atomic E-state index is 2.29. The number of rotatable bonds is 4. The molecule has 0 aromatic rings. The molecule has 1 heteroatoms. The predicted molar refractivity (Wildman–Crippen MR) is 37.3 cm³/mol. The molecule has 7 heavy (non-hydrogen) atoms. The molecule has 0 N–H and O–H groups in total.